The van der Waals surface area contributed by atoms with E-state index in [1.807, 2.05) is 18.2 Å². The molecule has 6 heteroatoms. The second kappa shape index (κ2) is 4.06. The first-order valence-corrected chi connectivity index (χ1v) is 5.52. The number of aromatic amines is 1. The Labute approximate surface area is 103 Å². The molecule has 0 radical (unpaired) electrons. The minimum atomic E-state index is -0.400. The Morgan fingerprint density at radius 2 is 2.33 bits per heavy atom. The number of hydrogen-bond acceptors (Lipinski definition) is 4. The molecule has 3 rings (SSSR count). The molecule has 3 N–H and O–H groups in total. The molecule has 1 atom stereocenters. The highest BCUT2D eigenvalue weighted by Gasteiger charge is 2.30. The molecule has 0 spiro atoms. The summed E-state index contributed by atoms with van der Waals surface area (Å²) in [4.78, 5) is 11.9. The van der Waals surface area contributed by atoms with Gasteiger partial charge in [-0.2, -0.15) is 5.10 Å². The number of fused-ring (bicyclic) bond motifs is 1. The minimum Gasteiger partial charge on any atom is -0.497 e. The van der Waals surface area contributed by atoms with Crippen LogP contribution in [0.3, 0.4) is 0 Å². The maximum absolute atomic E-state index is 11.9. The lowest BCUT2D eigenvalue weighted by atomic mass is 10.1. The fourth-order valence-corrected chi connectivity index (χ4v) is 2.01. The first-order chi connectivity index (χ1) is 8.78. The molecule has 0 saturated heterocycles. The van der Waals surface area contributed by atoms with Crippen molar-refractivity contribution in [3.8, 4) is 5.75 Å². The Morgan fingerprint density at radius 3 is 3.06 bits per heavy atom. The van der Waals surface area contributed by atoms with Crippen molar-refractivity contribution < 1.29 is 9.53 Å². The van der Waals surface area contributed by atoms with E-state index in [1.54, 1.807) is 19.5 Å². The highest BCUT2D eigenvalue weighted by molar-refractivity contribution is 6.04. The van der Waals surface area contributed by atoms with Crippen molar-refractivity contribution in [1.82, 2.24) is 10.2 Å². The second-order valence-corrected chi connectivity index (χ2v) is 4.01. The molecular formula is C12H12N4O2. The predicted molar refractivity (Wildman–Crippen MR) is 66.6 cm³/mol. The molecule has 2 heterocycles. The molecule has 0 saturated carbocycles. The van der Waals surface area contributed by atoms with Crippen LogP contribution in [0.5, 0.6) is 5.75 Å². The molecule has 0 fully saturated rings. The van der Waals surface area contributed by atoms with Crippen LogP contribution < -0.4 is 15.4 Å². The van der Waals surface area contributed by atoms with E-state index in [9.17, 15) is 4.79 Å². The minimum absolute atomic E-state index is 0.0838. The number of hydrogen-bond donors (Lipinski definition) is 3. The summed E-state index contributed by atoms with van der Waals surface area (Å²) in [6, 6.07) is 5.13. The van der Waals surface area contributed by atoms with Crippen molar-refractivity contribution in [3.05, 3.63) is 36.2 Å². The van der Waals surface area contributed by atoms with Crippen molar-refractivity contribution >= 4 is 17.3 Å². The van der Waals surface area contributed by atoms with Gasteiger partial charge in [-0.1, -0.05) is 6.07 Å². The van der Waals surface area contributed by atoms with E-state index in [0.29, 0.717) is 0 Å². The van der Waals surface area contributed by atoms with E-state index in [-0.39, 0.29) is 5.91 Å². The van der Waals surface area contributed by atoms with Gasteiger partial charge in [0.15, 0.2) is 0 Å². The zero-order valence-corrected chi connectivity index (χ0v) is 9.73. The molecule has 1 aromatic heterocycles. The van der Waals surface area contributed by atoms with Crippen LogP contribution in [0.2, 0.25) is 0 Å². The van der Waals surface area contributed by atoms with Crippen LogP contribution in [0.25, 0.3) is 0 Å². The lowest BCUT2D eigenvalue weighted by Gasteiger charge is -2.10. The largest absolute Gasteiger partial charge is 0.497 e. The quantitative estimate of drug-likeness (QED) is 0.765. The Bertz CT molecular complexity index is 580. The Morgan fingerprint density at radius 1 is 1.44 bits per heavy atom. The third kappa shape index (κ3) is 1.67. The van der Waals surface area contributed by atoms with Gasteiger partial charge in [-0.3, -0.25) is 9.89 Å². The molecule has 18 heavy (non-hydrogen) atoms. The summed E-state index contributed by atoms with van der Waals surface area (Å²) in [5.74, 6) is 0.637. The van der Waals surface area contributed by atoms with Crippen LogP contribution in [-0.2, 0) is 4.79 Å². The smallest absolute Gasteiger partial charge is 0.251 e. The van der Waals surface area contributed by atoms with Crippen LogP contribution in [0.1, 0.15) is 11.6 Å². The maximum Gasteiger partial charge on any atom is 0.251 e. The molecule has 92 valence electrons. The molecule has 1 aliphatic heterocycles. The molecule has 0 aliphatic carbocycles. The zero-order valence-electron chi connectivity index (χ0n) is 9.73. The fraction of sp³-hybridized carbons (Fsp3) is 0.167. The average molecular weight is 244 g/mol. The number of nitrogens with zero attached hydrogens (tertiary/aromatic N) is 1. The second-order valence-electron chi connectivity index (χ2n) is 4.01. The van der Waals surface area contributed by atoms with Crippen molar-refractivity contribution in [2.75, 3.05) is 17.7 Å². The van der Waals surface area contributed by atoms with E-state index in [2.05, 4.69) is 20.8 Å². The first-order valence-electron chi connectivity index (χ1n) is 5.52. The molecule has 2 aromatic rings. The summed E-state index contributed by atoms with van der Waals surface area (Å²) < 4.78 is 5.13. The fourth-order valence-electron chi connectivity index (χ4n) is 2.01. The predicted octanol–water partition coefficient (Wildman–Crippen LogP) is 1.52. The van der Waals surface area contributed by atoms with E-state index in [0.717, 1.165) is 22.7 Å². The van der Waals surface area contributed by atoms with Gasteiger partial charge in [-0.15, -0.1) is 0 Å². The number of H-pyrrole nitrogens is 1. The molecule has 1 aromatic carbocycles. The van der Waals surface area contributed by atoms with Gasteiger partial charge >= 0.3 is 0 Å². The highest BCUT2D eigenvalue weighted by atomic mass is 16.5. The first kappa shape index (κ1) is 10.6. The normalized spacial score (nSPS) is 17.2. The summed E-state index contributed by atoms with van der Waals surface area (Å²) in [6.07, 6.45) is 3.34. The molecule has 1 amide bonds. The summed E-state index contributed by atoms with van der Waals surface area (Å²) >= 11 is 0. The van der Waals surface area contributed by atoms with Gasteiger partial charge in [-0.25, -0.2) is 0 Å². The van der Waals surface area contributed by atoms with Crippen LogP contribution >= 0.6 is 0 Å². The number of benzene rings is 1. The van der Waals surface area contributed by atoms with E-state index < -0.39 is 6.04 Å². The van der Waals surface area contributed by atoms with Gasteiger partial charge in [-0.05, 0) is 6.07 Å². The summed E-state index contributed by atoms with van der Waals surface area (Å²) in [5, 5.41) is 12.5. The SMILES string of the molecule is COc1ccc2c(c1)NC(=O)C2Nc1cn[nH]c1. The van der Waals surface area contributed by atoms with Crippen LogP contribution in [-0.4, -0.2) is 23.2 Å². The van der Waals surface area contributed by atoms with Gasteiger partial charge in [0.2, 0.25) is 0 Å². The van der Waals surface area contributed by atoms with Crippen LogP contribution in [0.4, 0.5) is 11.4 Å². The Hall–Kier alpha value is -2.50. The number of amides is 1. The van der Waals surface area contributed by atoms with Gasteiger partial charge in [0.05, 0.1) is 24.7 Å². The number of anilines is 2. The lowest BCUT2D eigenvalue weighted by Crippen LogP contribution is -2.19. The molecular weight excluding hydrogens is 232 g/mol. The van der Waals surface area contributed by atoms with Gasteiger partial charge in [0, 0.05) is 17.8 Å². The van der Waals surface area contributed by atoms with Crippen LogP contribution in [0.15, 0.2) is 30.6 Å². The van der Waals surface area contributed by atoms with E-state index >= 15 is 0 Å². The van der Waals surface area contributed by atoms with Gasteiger partial charge in [0.25, 0.3) is 5.91 Å². The summed E-state index contributed by atoms with van der Waals surface area (Å²) in [5.41, 5.74) is 2.46. The van der Waals surface area contributed by atoms with E-state index in [4.69, 9.17) is 4.74 Å². The number of rotatable bonds is 3. The van der Waals surface area contributed by atoms with Crippen molar-refractivity contribution in [2.24, 2.45) is 0 Å². The molecule has 6 nitrogen and oxygen atoms in total. The summed E-state index contributed by atoms with van der Waals surface area (Å²) in [6.45, 7) is 0. The third-order valence-corrected chi connectivity index (χ3v) is 2.90. The van der Waals surface area contributed by atoms with Gasteiger partial charge < -0.3 is 15.4 Å². The van der Waals surface area contributed by atoms with Crippen molar-refractivity contribution in [3.63, 3.8) is 0 Å². The summed E-state index contributed by atoms with van der Waals surface area (Å²) in [7, 11) is 1.60. The van der Waals surface area contributed by atoms with Crippen molar-refractivity contribution in [2.45, 2.75) is 6.04 Å². The Kier molecular flexibility index (Phi) is 2.40. The molecule has 0 bridgehead atoms. The number of aromatic nitrogens is 2. The van der Waals surface area contributed by atoms with Crippen LogP contribution in [0, 0.1) is 0 Å². The topological polar surface area (TPSA) is 79.0 Å². The maximum atomic E-state index is 11.9. The van der Waals surface area contributed by atoms with E-state index in [1.165, 1.54) is 0 Å². The Balaban J connectivity index is 1.92. The highest BCUT2D eigenvalue weighted by Crippen LogP contribution is 2.35. The molecule has 1 aliphatic rings. The standard InChI is InChI=1S/C12H12N4O2/c1-18-8-2-3-9-10(4-8)16-12(17)11(9)15-7-5-13-14-6-7/h2-6,11,15H,1H3,(H,13,14)(H,16,17). The number of nitrogens with one attached hydrogen (secondary N) is 3. The number of ether oxygens (including phenoxy) is 1. The lowest BCUT2D eigenvalue weighted by molar-refractivity contribution is -0.116. The number of carbonyl (C=O) groups excluding carboxylic acids is 1. The average Bonchev–Trinajstić information content (AvgIpc) is 2.98. The number of carbonyl (C=O) groups is 1. The zero-order chi connectivity index (χ0) is 12.5. The number of methoxy groups -OCH3 is 1. The third-order valence-electron chi connectivity index (χ3n) is 2.90. The monoisotopic (exact) mass is 244 g/mol. The molecule has 1 unspecified atom stereocenters. The van der Waals surface area contributed by atoms with Gasteiger partial charge in [0.1, 0.15) is 11.8 Å². The van der Waals surface area contributed by atoms with Crippen molar-refractivity contribution in [1.29, 1.82) is 0 Å².